The van der Waals surface area contributed by atoms with E-state index in [9.17, 15) is 0 Å². The van der Waals surface area contributed by atoms with Crippen LogP contribution in [-0.4, -0.2) is 58.7 Å². The van der Waals surface area contributed by atoms with Crippen LogP contribution in [0.15, 0.2) is 79.0 Å². The van der Waals surface area contributed by atoms with E-state index in [4.69, 9.17) is 26.1 Å². The molecule has 1 aromatic heterocycles. The maximum atomic E-state index is 6.04. The van der Waals surface area contributed by atoms with E-state index in [1.165, 1.54) is 12.8 Å². The third kappa shape index (κ3) is 6.30. The van der Waals surface area contributed by atoms with Crippen LogP contribution >= 0.6 is 11.6 Å². The standard InChI is InChI=1S/C34H39ClN4O2/c1-3-37(4-2)20-5-23-40-29-12-6-25(7-13-29)32-24-39(34(36-32)33-26-18-21-38(33)22-19-26)28-10-16-31(17-11-28)41-30-14-8-27(35)9-15-30/h6-17,24,26,33H,3-5,18-23H2,1-2H3. The van der Waals surface area contributed by atoms with Gasteiger partial charge >= 0.3 is 0 Å². The number of benzene rings is 3. The zero-order valence-electron chi connectivity index (χ0n) is 24.0. The summed E-state index contributed by atoms with van der Waals surface area (Å²) in [6, 6.07) is 24.4. The number of ether oxygens (including phenoxy) is 2. The average molecular weight is 571 g/mol. The number of hydrogen-bond acceptors (Lipinski definition) is 5. The molecule has 1 unspecified atom stereocenters. The van der Waals surface area contributed by atoms with Crippen LogP contribution in [-0.2, 0) is 0 Å². The number of aromatic nitrogens is 2. The Bertz CT molecular complexity index is 1390. The first-order chi connectivity index (χ1) is 20.1. The fourth-order valence-corrected chi connectivity index (χ4v) is 6.31. The van der Waals surface area contributed by atoms with Crippen molar-refractivity contribution in [2.75, 3.05) is 39.3 Å². The molecule has 214 valence electrons. The van der Waals surface area contributed by atoms with Gasteiger partial charge in [-0.05, 0) is 124 Å². The molecule has 41 heavy (non-hydrogen) atoms. The number of fused-ring (bicyclic) bond motifs is 2. The molecular weight excluding hydrogens is 532 g/mol. The molecule has 3 aromatic carbocycles. The lowest BCUT2D eigenvalue weighted by Crippen LogP contribution is -2.25. The molecule has 7 heteroatoms. The number of halogens is 1. The van der Waals surface area contributed by atoms with Gasteiger partial charge in [0.2, 0.25) is 0 Å². The van der Waals surface area contributed by atoms with Crippen molar-refractivity contribution in [3.63, 3.8) is 0 Å². The molecule has 0 saturated carbocycles. The lowest BCUT2D eigenvalue weighted by atomic mass is 9.99. The summed E-state index contributed by atoms with van der Waals surface area (Å²) < 4.78 is 14.3. The average Bonchev–Trinajstić information content (AvgIpc) is 3.73. The zero-order valence-corrected chi connectivity index (χ0v) is 24.8. The van der Waals surface area contributed by atoms with Crippen LogP contribution in [0.5, 0.6) is 17.2 Å². The van der Waals surface area contributed by atoms with Gasteiger partial charge in [-0.2, -0.15) is 0 Å². The lowest BCUT2D eigenvalue weighted by molar-refractivity contribution is 0.249. The molecule has 2 aliphatic rings. The highest BCUT2D eigenvalue weighted by Gasteiger charge is 2.43. The van der Waals surface area contributed by atoms with E-state index in [2.05, 4.69) is 70.8 Å². The van der Waals surface area contributed by atoms with E-state index in [1.807, 2.05) is 36.4 Å². The van der Waals surface area contributed by atoms with Crippen molar-refractivity contribution in [3.05, 3.63) is 89.8 Å². The van der Waals surface area contributed by atoms with E-state index < -0.39 is 0 Å². The Morgan fingerprint density at radius 3 is 2.10 bits per heavy atom. The van der Waals surface area contributed by atoms with Crippen molar-refractivity contribution in [1.29, 1.82) is 0 Å². The summed E-state index contributed by atoms with van der Waals surface area (Å²) in [6.45, 7) is 10.7. The Kier molecular flexibility index (Phi) is 8.61. The summed E-state index contributed by atoms with van der Waals surface area (Å²) in [6.07, 6.45) is 5.71. The van der Waals surface area contributed by atoms with Gasteiger partial charge in [0.25, 0.3) is 0 Å². The van der Waals surface area contributed by atoms with Crippen LogP contribution in [0.1, 0.15) is 45.0 Å². The number of hydrogen-bond donors (Lipinski definition) is 0. The van der Waals surface area contributed by atoms with Crippen molar-refractivity contribution in [2.45, 2.75) is 39.2 Å². The molecule has 2 fully saturated rings. The predicted molar refractivity (Wildman–Crippen MR) is 165 cm³/mol. The largest absolute Gasteiger partial charge is 0.494 e. The van der Waals surface area contributed by atoms with Gasteiger partial charge in [-0.15, -0.1) is 0 Å². The van der Waals surface area contributed by atoms with Gasteiger partial charge in [-0.25, -0.2) is 4.98 Å². The van der Waals surface area contributed by atoms with Crippen molar-refractivity contribution in [1.82, 2.24) is 19.4 Å². The SMILES string of the molecule is CCN(CC)CCCOc1ccc(-c2cn(-c3ccc(Oc4ccc(Cl)cc4)cc3)c(C3C4CCN3CC4)n2)cc1. The van der Waals surface area contributed by atoms with Crippen LogP contribution < -0.4 is 9.47 Å². The second-order valence-electron chi connectivity index (χ2n) is 11.0. The zero-order chi connectivity index (χ0) is 28.2. The van der Waals surface area contributed by atoms with Crippen molar-refractivity contribution >= 4 is 11.6 Å². The van der Waals surface area contributed by atoms with Gasteiger partial charge < -0.3 is 18.9 Å². The summed E-state index contributed by atoms with van der Waals surface area (Å²) >= 11 is 6.02. The molecule has 0 radical (unpaired) electrons. The minimum atomic E-state index is 0.363. The highest BCUT2D eigenvalue weighted by molar-refractivity contribution is 6.30. The lowest BCUT2D eigenvalue weighted by Gasteiger charge is -2.20. The Labute approximate surface area is 248 Å². The molecule has 1 atom stereocenters. The number of piperidine rings is 1. The summed E-state index contributed by atoms with van der Waals surface area (Å²) in [5.41, 5.74) is 3.17. The normalized spacial score (nSPS) is 19.7. The number of nitrogens with zero attached hydrogens (tertiary/aromatic N) is 4. The van der Waals surface area contributed by atoms with Crippen molar-refractivity contribution in [2.24, 2.45) is 5.92 Å². The fraction of sp³-hybridized carbons (Fsp3) is 0.382. The summed E-state index contributed by atoms with van der Waals surface area (Å²) in [4.78, 5) is 10.3. The third-order valence-electron chi connectivity index (χ3n) is 8.51. The van der Waals surface area contributed by atoms with Crippen LogP contribution in [0.3, 0.4) is 0 Å². The van der Waals surface area contributed by atoms with Crippen molar-refractivity contribution < 1.29 is 9.47 Å². The van der Waals surface area contributed by atoms with Crippen LogP contribution in [0.2, 0.25) is 5.02 Å². The minimum absolute atomic E-state index is 0.363. The second-order valence-corrected chi connectivity index (χ2v) is 11.4. The maximum absolute atomic E-state index is 6.04. The predicted octanol–water partition coefficient (Wildman–Crippen LogP) is 7.86. The van der Waals surface area contributed by atoms with Gasteiger partial charge in [0, 0.05) is 29.0 Å². The molecule has 2 bridgehead atoms. The monoisotopic (exact) mass is 570 g/mol. The van der Waals surface area contributed by atoms with E-state index in [1.54, 1.807) is 0 Å². The third-order valence-corrected chi connectivity index (χ3v) is 8.76. The first-order valence-corrected chi connectivity index (χ1v) is 15.3. The highest BCUT2D eigenvalue weighted by atomic mass is 35.5. The molecule has 0 spiro atoms. The Morgan fingerprint density at radius 1 is 0.854 bits per heavy atom. The fourth-order valence-electron chi connectivity index (χ4n) is 6.19. The van der Waals surface area contributed by atoms with E-state index in [0.29, 0.717) is 17.0 Å². The van der Waals surface area contributed by atoms with Crippen LogP contribution in [0, 0.1) is 5.92 Å². The van der Waals surface area contributed by atoms with E-state index >= 15 is 0 Å². The minimum Gasteiger partial charge on any atom is -0.494 e. The highest BCUT2D eigenvalue weighted by Crippen LogP contribution is 2.45. The second kappa shape index (κ2) is 12.7. The van der Waals surface area contributed by atoms with E-state index in [0.717, 1.165) is 85.8 Å². The summed E-state index contributed by atoms with van der Waals surface area (Å²) in [5.74, 6) is 4.26. The van der Waals surface area contributed by atoms with Gasteiger partial charge in [-0.3, -0.25) is 4.90 Å². The Balaban J connectivity index is 1.21. The quantitative estimate of drug-likeness (QED) is 0.162. The first-order valence-electron chi connectivity index (χ1n) is 14.9. The van der Waals surface area contributed by atoms with Gasteiger partial charge in [0.15, 0.2) is 0 Å². The molecular formula is C34H39ClN4O2. The molecule has 4 aromatic rings. The van der Waals surface area contributed by atoms with Crippen LogP contribution in [0.25, 0.3) is 16.9 Å². The van der Waals surface area contributed by atoms with Gasteiger partial charge in [-0.1, -0.05) is 25.4 Å². The molecule has 2 saturated heterocycles. The smallest absolute Gasteiger partial charge is 0.131 e. The van der Waals surface area contributed by atoms with Crippen molar-refractivity contribution in [3.8, 4) is 34.2 Å². The Morgan fingerprint density at radius 2 is 1.49 bits per heavy atom. The molecule has 0 amide bonds. The molecule has 6 nitrogen and oxygen atoms in total. The topological polar surface area (TPSA) is 42.8 Å². The summed E-state index contributed by atoms with van der Waals surface area (Å²) in [5, 5.41) is 0.695. The summed E-state index contributed by atoms with van der Waals surface area (Å²) in [7, 11) is 0. The maximum Gasteiger partial charge on any atom is 0.131 e. The molecule has 6 rings (SSSR count). The molecule has 3 heterocycles. The number of rotatable bonds is 12. The first kappa shape index (κ1) is 27.8. The van der Waals surface area contributed by atoms with Gasteiger partial charge in [0.1, 0.15) is 23.1 Å². The molecule has 2 aliphatic heterocycles. The van der Waals surface area contributed by atoms with Crippen LogP contribution in [0.4, 0.5) is 0 Å². The number of imidazole rings is 1. The van der Waals surface area contributed by atoms with Gasteiger partial charge in [0.05, 0.1) is 18.3 Å². The molecule has 0 N–H and O–H groups in total. The van der Waals surface area contributed by atoms with E-state index in [-0.39, 0.29) is 0 Å². The Hall–Kier alpha value is -3.32. The molecule has 0 aliphatic carbocycles.